The first kappa shape index (κ1) is 13.5. The highest BCUT2D eigenvalue weighted by Gasteiger charge is 2.30. The van der Waals surface area contributed by atoms with Crippen molar-refractivity contribution in [3.63, 3.8) is 0 Å². The molecule has 2 rings (SSSR count). The summed E-state index contributed by atoms with van der Waals surface area (Å²) in [4.78, 5) is 2.48. The number of benzene rings is 1. The topological polar surface area (TPSA) is 38.5 Å². The quantitative estimate of drug-likeness (QED) is 0.887. The summed E-state index contributed by atoms with van der Waals surface area (Å²) in [5, 5.41) is 0. The van der Waals surface area contributed by atoms with Crippen LogP contribution in [0.5, 0.6) is 0 Å². The maximum Gasteiger partial charge on any atom is 0.0777 e. The number of methoxy groups -OCH3 is 1. The van der Waals surface area contributed by atoms with Crippen LogP contribution in [0.15, 0.2) is 24.3 Å². The van der Waals surface area contributed by atoms with Gasteiger partial charge in [0.25, 0.3) is 0 Å². The molecule has 1 saturated heterocycles. The Balaban J connectivity index is 1.96. The molecule has 100 valence electrons. The minimum atomic E-state index is 0.0233. The van der Waals surface area contributed by atoms with Crippen LogP contribution in [-0.4, -0.2) is 30.7 Å². The zero-order valence-electron chi connectivity index (χ0n) is 11.5. The number of ether oxygens (including phenoxy) is 1. The summed E-state index contributed by atoms with van der Waals surface area (Å²) in [6.45, 7) is 6.01. The molecule has 1 unspecified atom stereocenters. The van der Waals surface area contributed by atoms with Gasteiger partial charge in [0.15, 0.2) is 0 Å². The van der Waals surface area contributed by atoms with Crippen molar-refractivity contribution >= 4 is 0 Å². The number of hydrogen-bond donors (Lipinski definition) is 1. The van der Waals surface area contributed by atoms with Crippen molar-refractivity contribution in [2.45, 2.75) is 38.5 Å². The van der Waals surface area contributed by atoms with Gasteiger partial charge in [-0.25, -0.2) is 0 Å². The molecule has 1 aliphatic heterocycles. The van der Waals surface area contributed by atoms with E-state index in [-0.39, 0.29) is 5.60 Å². The van der Waals surface area contributed by atoms with Gasteiger partial charge in [-0.15, -0.1) is 0 Å². The van der Waals surface area contributed by atoms with E-state index in [4.69, 9.17) is 10.5 Å². The number of nitrogens with two attached hydrogens (primary N) is 1. The van der Waals surface area contributed by atoms with Crippen molar-refractivity contribution in [3.8, 4) is 0 Å². The van der Waals surface area contributed by atoms with E-state index < -0.39 is 0 Å². The molecule has 0 bridgehead atoms. The van der Waals surface area contributed by atoms with Crippen LogP contribution in [0.3, 0.4) is 0 Å². The van der Waals surface area contributed by atoms with Gasteiger partial charge in [0.05, 0.1) is 5.60 Å². The Kier molecular flexibility index (Phi) is 4.38. The van der Waals surface area contributed by atoms with Crippen molar-refractivity contribution in [1.82, 2.24) is 4.90 Å². The Morgan fingerprint density at radius 1 is 1.28 bits per heavy atom. The third kappa shape index (κ3) is 3.31. The zero-order chi connectivity index (χ0) is 13.0. The minimum absolute atomic E-state index is 0.0233. The molecule has 3 heteroatoms. The second-order valence-corrected chi connectivity index (χ2v) is 5.49. The van der Waals surface area contributed by atoms with E-state index in [2.05, 4.69) is 36.1 Å². The molecule has 0 amide bonds. The SMILES string of the molecule is COC1(C)CCCN(Cc2ccc(CN)cc2)C1. The molecule has 18 heavy (non-hydrogen) atoms. The van der Waals surface area contributed by atoms with E-state index in [0.29, 0.717) is 6.54 Å². The first-order chi connectivity index (χ1) is 8.65. The van der Waals surface area contributed by atoms with Crippen LogP contribution >= 0.6 is 0 Å². The third-order valence-electron chi connectivity index (χ3n) is 3.90. The third-order valence-corrected chi connectivity index (χ3v) is 3.90. The summed E-state index contributed by atoms with van der Waals surface area (Å²) in [6, 6.07) is 8.60. The second kappa shape index (κ2) is 5.83. The maximum absolute atomic E-state index is 5.62. The van der Waals surface area contributed by atoms with Gasteiger partial charge in [-0.05, 0) is 37.4 Å². The van der Waals surface area contributed by atoms with Gasteiger partial charge >= 0.3 is 0 Å². The van der Waals surface area contributed by atoms with Gasteiger partial charge in [-0.1, -0.05) is 24.3 Å². The van der Waals surface area contributed by atoms with Gasteiger partial charge in [0.2, 0.25) is 0 Å². The molecule has 1 aromatic carbocycles. The smallest absolute Gasteiger partial charge is 0.0777 e. The van der Waals surface area contributed by atoms with E-state index in [1.54, 1.807) is 0 Å². The first-order valence-electron chi connectivity index (χ1n) is 6.70. The van der Waals surface area contributed by atoms with Crippen LogP contribution in [0.1, 0.15) is 30.9 Å². The first-order valence-corrected chi connectivity index (χ1v) is 6.70. The largest absolute Gasteiger partial charge is 0.377 e. The molecule has 2 N–H and O–H groups in total. The summed E-state index contributed by atoms with van der Waals surface area (Å²) in [5.74, 6) is 0. The summed E-state index contributed by atoms with van der Waals surface area (Å²) in [5.41, 5.74) is 8.18. The van der Waals surface area contributed by atoms with Crippen LogP contribution in [-0.2, 0) is 17.8 Å². The standard InChI is InChI=1S/C15H24N2O/c1-15(18-2)8-3-9-17(12-15)11-14-6-4-13(10-16)5-7-14/h4-7H,3,8-12,16H2,1-2H3. The van der Waals surface area contributed by atoms with Crippen LogP contribution in [0, 0.1) is 0 Å². The lowest BCUT2D eigenvalue weighted by atomic mass is 9.94. The highest BCUT2D eigenvalue weighted by molar-refractivity contribution is 5.22. The van der Waals surface area contributed by atoms with Crippen molar-refractivity contribution in [2.24, 2.45) is 5.73 Å². The Labute approximate surface area is 110 Å². The molecule has 1 heterocycles. The minimum Gasteiger partial charge on any atom is -0.377 e. The number of nitrogens with zero attached hydrogens (tertiary/aromatic N) is 1. The average molecular weight is 248 g/mol. The number of likely N-dealkylation sites (tertiary alicyclic amines) is 1. The van der Waals surface area contributed by atoms with Crippen molar-refractivity contribution in [1.29, 1.82) is 0 Å². The zero-order valence-corrected chi connectivity index (χ0v) is 11.5. The predicted molar refractivity (Wildman–Crippen MR) is 74.3 cm³/mol. The lowest BCUT2D eigenvalue weighted by Crippen LogP contribution is -2.46. The van der Waals surface area contributed by atoms with Crippen molar-refractivity contribution < 1.29 is 4.74 Å². The van der Waals surface area contributed by atoms with Gasteiger partial charge in [0.1, 0.15) is 0 Å². The number of rotatable bonds is 4. The van der Waals surface area contributed by atoms with Gasteiger partial charge in [-0.3, -0.25) is 4.90 Å². The van der Waals surface area contributed by atoms with Crippen LogP contribution in [0.2, 0.25) is 0 Å². The maximum atomic E-state index is 5.62. The molecule has 1 fully saturated rings. The summed E-state index contributed by atoms with van der Waals surface area (Å²) in [7, 11) is 1.82. The fourth-order valence-corrected chi connectivity index (χ4v) is 2.65. The molecular formula is C15H24N2O. The number of hydrogen-bond acceptors (Lipinski definition) is 3. The highest BCUT2D eigenvalue weighted by Crippen LogP contribution is 2.24. The van der Waals surface area contributed by atoms with E-state index >= 15 is 0 Å². The Morgan fingerprint density at radius 2 is 1.94 bits per heavy atom. The second-order valence-electron chi connectivity index (χ2n) is 5.49. The summed E-state index contributed by atoms with van der Waals surface area (Å²) < 4.78 is 5.62. The fourth-order valence-electron chi connectivity index (χ4n) is 2.65. The van der Waals surface area contributed by atoms with Gasteiger partial charge in [0, 0.05) is 26.7 Å². The summed E-state index contributed by atoms with van der Waals surface area (Å²) in [6.07, 6.45) is 2.37. The summed E-state index contributed by atoms with van der Waals surface area (Å²) >= 11 is 0. The van der Waals surface area contributed by atoms with Crippen molar-refractivity contribution in [2.75, 3.05) is 20.2 Å². The molecule has 1 aromatic rings. The fraction of sp³-hybridized carbons (Fsp3) is 0.600. The average Bonchev–Trinajstić information content (AvgIpc) is 2.40. The molecule has 0 aliphatic carbocycles. The Bertz CT molecular complexity index is 377. The lowest BCUT2D eigenvalue weighted by Gasteiger charge is -2.39. The predicted octanol–water partition coefficient (Wildman–Crippen LogP) is 2.15. The molecule has 3 nitrogen and oxygen atoms in total. The Morgan fingerprint density at radius 3 is 2.56 bits per heavy atom. The van der Waals surface area contributed by atoms with Gasteiger partial charge in [-0.2, -0.15) is 0 Å². The van der Waals surface area contributed by atoms with Crippen LogP contribution < -0.4 is 5.73 Å². The van der Waals surface area contributed by atoms with Crippen LogP contribution in [0.4, 0.5) is 0 Å². The van der Waals surface area contributed by atoms with E-state index in [0.717, 1.165) is 26.1 Å². The molecule has 0 aromatic heterocycles. The molecule has 0 radical (unpaired) electrons. The van der Waals surface area contributed by atoms with Crippen molar-refractivity contribution in [3.05, 3.63) is 35.4 Å². The molecular weight excluding hydrogens is 224 g/mol. The molecule has 0 saturated carbocycles. The number of piperidine rings is 1. The van der Waals surface area contributed by atoms with E-state index in [1.807, 2.05) is 7.11 Å². The highest BCUT2D eigenvalue weighted by atomic mass is 16.5. The van der Waals surface area contributed by atoms with Gasteiger partial charge < -0.3 is 10.5 Å². The van der Waals surface area contributed by atoms with E-state index in [1.165, 1.54) is 17.5 Å². The van der Waals surface area contributed by atoms with Crippen LogP contribution in [0.25, 0.3) is 0 Å². The van der Waals surface area contributed by atoms with E-state index in [9.17, 15) is 0 Å². The molecule has 1 aliphatic rings. The normalized spacial score (nSPS) is 25.3. The lowest BCUT2D eigenvalue weighted by molar-refractivity contribution is -0.0527. The molecule has 1 atom stereocenters. The monoisotopic (exact) mass is 248 g/mol. The molecule has 0 spiro atoms. The Hall–Kier alpha value is -0.900.